The van der Waals surface area contributed by atoms with Crippen molar-refractivity contribution < 1.29 is 45.7 Å². The zero-order chi connectivity index (χ0) is 23.8. The van der Waals surface area contributed by atoms with Crippen LogP contribution in [0.25, 0.3) is 0 Å². The Balaban J connectivity index is 2.14. The van der Waals surface area contributed by atoms with Crippen molar-refractivity contribution in [2.75, 3.05) is 23.0 Å². The number of benzene rings is 1. The normalized spacial score (nSPS) is 16.3. The van der Waals surface area contributed by atoms with Crippen LogP contribution in [0.5, 0.6) is 11.5 Å². The summed E-state index contributed by atoms with van der Waals surface area (Å²) in [6, 6.07) is 0. The van der Waals surface area contributed by atoms with Gasteiger partial charge < -0.3 is 10.2 Å². The number of phenolic OH excluding ortho intramolecular Hbond substituents is 2. The highest BCUT2D eigenvalue weighted by Gasteiger charge is 2.40. The van der Waals surface area contributed by atoms with Crippen LogP contribution in [0, 0.1) is 0 Å². The highest BCUT2D eigenvalue weighted by Crippen LogP contribution is 2.51. The van der Waals surface area contributed by atoms with Crippen molar-refractivity contribution in [1.29, 1.82) is 0 Å². The molecule has 10 nitrogen and oxygen atoms in total. The van der Waals surface area contributed by atoms with E-state index in [1.165, 1.54) is 0 Å². The number of aromatic hydroxyl groups is 2. The molecular weight excluding hydrogens is 504 g/mol. The Morgan fingerprint density at radius 1 is 0.719 bits per heavy atom. The molecule has 4 N–H and O–H groups in total. The second-order valence-corrected chi connectivity index (χ2v) is 12.2. The van der Waals surface area contributed by atoms with E-state index >= 15 is 0 Å². The number of carbonyl (C=O) groups excluding carboxylic acids is 2. The molecular formula is C18H18O10S4. The summed E-state index contributed by atoms with van der Waals surface area (Å²) in [6.45, 7) is 0. The van der Waals surface area contributed by atoms with Crippen LogP contribution in [0.15, 0.2) is 33.1 Å². The molecule has 0 aromatic heterocycles. The van der Waals surface area contributed by atoms with Crippen LogP contribution in [-0.2, 0) is 20.2 Å². The predicted octanol–water partition coefficient (Wildman–Crippen LogP) is 2.08. The van der Waals surface area contributed by atoms with Gasteiger partial charge in [-0.15, -0.1) is 23.5 Å². The minimum absolute atomic E-state index is 0.101. The van der Waals surface area contributed by atoms with Gasteiger partial charge in [-0.05, 0) is 12.8 Å². The third kappa shape index (κ3) is 5.21. The Morgan fingerprint density at radius 2 is 1.06 bits per heavy atom. The Morgan fingerprint density at radius 3 is 1.38 bits per heavy atom. The van der Waals surface area contributed by atoms with Crippen molar-refractivity contribution >= 4 is 55.3 Å². The standard InChI is InChI=1S/C18H18O10S4/c19-13-9-3-1-2-4-10(9)14(20)12-11(13)15(21)17(29-5-7-31(23,24)25)18(16(12)22)30-6-8-32(26,27)28/h3-4,21-22H,1-2,5-8H2,(H,23,24,25)(H,26,27,28). The number of hydrogen-bond donors (Lipinski definition) is 4. The second kappa shape index (κ2) is 9.19. The Bertz CT molecular complexity index is 1170. The average Bonchev–Trinajstić information content (AvgIpc) is 2.68. The van der Waals surface area contributed by atoms with E-state index in [1.54, 1.807) is 12.2 Å². The van der Waals surface area contributed by atoms with Crippen molar-refractivity contribution in [1.82, 2.24) is 0 Å². The summed E-state index contributed by atoms with van der Waals surface area (Å²) in [5, 5.41) is 21.7. The first kappa shape index (κ1) is 24.8. The van der Waals surface area contributed by atoms with Gasteiger partial charge in [0.1, 0.15) is 11.5 Å². The molecule has 0 radical (unpaired) electrons. The number of rotatable bonds is 8. The number of allylic oxidation sites excluding steroid dienone is 4. The Hall–Kier alpha value is -1.84. The molecule has 0 amide bonds. The van der Waals surface area contributed by atoms with Crippen molar-refractivity contribution in [3.63, 3.8) is 0 Å². The number of thioether (sulfide) groups is 2. The van der Waals surface area contributed by atoms with Crippen molar-refractivity contribution in [2.24, 2.45) is 0 Å². The van der Waals surface area contributed by atoms with E-state index < -0.39 is 65.9 Å². The molecule has 0 bridgehead atoms. The molecule has 0 saturated carbocycles. The maximum Gasteiger partial charge on any atom is 0.265 e. The first-order valence-electron chi connectivity index (χ1n) is 9.09. The lowest BCUT2D eigenvalue weighted by Crippen LogP contribution is -2.25. The first-order valence-corrected chi connectivity index (χ1v) is 14.3. The van der Waals surface area contributed by atoms with Gasteiger partial charge in [0.2, 0.25) is 0 Å². The smallest absolute Gasteiger partial charge is 0.265 e. The molecule has 0 unspecified atom stereocenters. The second-order valence-electron chi connectivity index (χ2n) is 6.85. The number of phenols is 2. The number of carbonyl (C=O) groups is 2. The quantitative estimate of drug-likeness (QED) is 0.222. The van der Waals surface area contributed by atoms with Gasteiger partial charge in [0.25, 0.3) is 20.2 Å². The van der Waals surface area contributed by atoms with E-state index in [0.29, 0.717) is 36.4 Å². The van der Waals surface area contributed by atoms with Crippen LogP contribution in [0.2, 0.25) is 0 Å². The molecule has 3 rings (SSSR count). The Kier molecular flexibility index (Phi) is 7.12. The number of fused-ring (bicyclic) bond motifs is 2. The Labute approximate surface area is 192 Å². The third-order valence-electron chi connectivity index (χ3n) is 4.63. The molecule has 14 heteroatoms. The minimum atomic E-state index is -4.34. The van der Waals surface area contributed by atoms with Crippen molar-refractivity contribution in [3.05, 3.63) is 34.4 Å². The van der Waals surface area contributed by atoms with Gasteiger partial charge in [-0.3, -0.25) is 18.7 Å². The highest BCUT2D eigenvalue weighted by atomic mass is 32.2. The zero-order valence-electron chi connectivity index (χ0n) is 16.3. The largest absolute Gasteiger partial charge is 0.506 e. The van der Waals surface area contributed by atoms with Gasteiger partial charge in [-0.25, -0.2) is 0 Å². The zero-order valence-corrected chi connectivity index (χ0v) is 19.5. The highest BCUT2D eigenvalue weighted by molar-refractivity contribution is 8.03. The molecule has 32 heavy (non-hydrogen) atoms. The van der Waals surface area contributed by atoms with Crippen molar-refractivity contribution in [2.45, 2.75) is 22.6 Å². The number of ketones is 2. The molecule has 1 aromatic carbocycles. The molecule has 1 aromatic rings. The molecule has 0 spiro atoms. The molecule has 2 aliphatic carbocycles. The first-order chi connectivity index (χ1) is 14.8. The van der Waals surface area contributed by atoms with Crippen LogP contribution < -0.4 is 0 Å². The molecule has 0 heterocycles. The van der Waals surface area contributed by atoms with Gasteiger partial charge in [0.05, 0.1) is 32.4 Å². The van der Waals surface area contributed by atoms with E-state index in [2.05, 4.69) is 0 Å². The number of Topliss-reactive ketones (excluding diaryl/α,β-unsaturated/α-hetero) is 2. The van der Waals surface area contributed by atoms with Crippen molar-refractivity contribution in [3.8, 4) is 11.5 Å². The van der Waals surface area contributed by atoms with Gasteiger partial charge >= 0.3 is 0 Å². The molecule has 0 aliphatic heterocycles. The summed E-state index contributed by atoms with van der Waals surface area (Å²) in [4.78, 5) is 25.7. The lowest BCUT2D eigenvalue weighted by Gasteiger charge is -2.26. The SMILES string of the molecule is O=C1C2=CCCC=C2C(=O)c2c(O)c(SCCS(=O)(=O)O)c(SCCS(=O)(=O)O)c(O)c21. The fourth-order valence-electron chi connectivity index (χ4n) is 3.26. The molecule has 0 fully saturated rings. The number of hydrogen-bond acceptors (Lipinski definition) is 10. The molecule has 2 aliphatic rings. The lowest BCUT2D eigenvalue weighted by molar-refractivity contribution is 0.0965. The summed E-state index contributed by atoms with van der Waals surface area (Å²) in [6.07, 6.45) is 4.16. The van der Waals surface area contributed by atoms with Crippen LogP contribution in [0.4, 0.5) is 0 Å². The van der Waals surface area contributed by atoms with Gasteiger partial charge in [-0.2, -0.15) is 16.8 Å². The molecule has 174 valence electrons. The lowest BCUT2D eigenvalue weighted by atomic mass is 9.78. The van der Waals surface area contributed by atoms with Crippen LogP contribution >= 0.6 is 23.5 Å². The monoisotopic (exact) mass is 522 g/mol. The maximum absolute atomic E-state index is 13.0. The third-order valence-corrected chi connectivity index (χ3v) is 8.91. The van der Waals surface area contributed by atoms with Crippen LogP contribution in [0.1, 0.15) is 33.6 Å². The van der Waals surface area contributed by atoms with Gasteiger partial charge in [-0.1, -0.05) is 12.2 Å². The summed E-state index contributed by atoms with van der Waals surface area (Å²) >= 11 is 1.40. The maximum atomic E-state index is 13.0. The fourth-order valence-corrected chi connectivity index (χ4v) is 7.31. The van der Waals surface area contributed by atoms with E-state index in [4.69, 9.17) is 9.11 Å². The summed E-state index contributed by atoms with van der Waals surface area (Å²) in [5.74, 6) is -4.61. The van der Waals surface area contributed by atoms with E-state index in [1.807, 2.05) is 0 Å². The summed E-state index contributed by atoms with van der Waals surface area (Å²) < 4.78 is 62.1. The van der Waals surface area contributed by atoms with Gasteiger partial charge in [0.15, 0.2) is 11.6 Å². The molecule has 0 saturated heterocycles. The predicted molar refractivity (Wildman–Crippen MR) is 118 cm³/mol. The van der Waals surface area contributed by atoms with E-state index in [-0.39, 0.29) is 32.4 Å². The van der Waals surface area contributed by atoms with Gasteiger partial charge in [0, 0.05) is 22.7 Å². The summed E-state index contributed by atoms with van der Waals surface area (Å²) in [7, 11) is -8.68. The van der Waals surface area contributed by atoms with Crippen LogP contribution in [-0.4, -0.2) is 70.7 Å². The average molecular weight is 523 g/mol. The molecule has 0 atom stereocenters. The fraction of sp³-hybridized carbons (Fsp3) is 0.333. The van der Waals surface area contributed by atoms with Crippen LogP contribution in [0.3, 0.4) is 0 Å². The topological polar surface area (TPSA) is 183 Å². The van der Waals surface area contributed by atoms with E-state index in [0.717, 1.165) is 0 Å². The summed E-state index contributed by atoms with van der Waals surface area (Å²) in [5.41, 5.74) is -0.647. The van der Waals surface area contributed by atoms with E-state index in [9.17, 15) is 36.6 Å². The minimum Gasteiger partial charge on any atom is -0.506 e.